The minimum absolute atomic E-state index is 0.0528. The van der Waals surface area contributed by atoms with Crippen molar-refractivity contribution in [2.75, 3.05) is 6.61 Å². The van der Waals surface area contributed by atoms with Crippen molar-refractivity contribution in [2.45, 2.75) is 70.8 Å². The van der Waals surface area contributed by atoms with Crippen LogP contribution in [0.5, 0.6) is 0 Å². The number of ether oxygens (including phenoxy) is 2. The van der Waals surface area contributed by atoms with E-state index in [0.717, 1.165) is 18.4 Å². The van der Waals surface area contributed by atoms with Gasteiger partial charge in [0.15, 0.2) is 0 Å². The van der Waals surface area contributed by atoms with Crippen LogP contribution < -0.4 is 5.32 Å². The number of hydrogen-bond acceptors (Lipinski definition) is 5. The van der Waals surface area contributed by atoms with Gasteiger partial charge in [-0.15, -0.1) is 0 Å². The summed E-state index contributed by atoms with van der Waals surface area (Å²) in [6, 6.07) is 9.71. The molecule has 2 heterocycles. The molecule has 2 aliphatic heterocycles. The first-order valence-electron chi connectivity index (χ1n) is 9.77. The molecule has 0 spiro atoms. The summed E-state index contributed by atoms with van der Waals surface area (Å²) in [5, 5.41) is 3.52. The smallest absolute Gasteiger partial charge is 0.410 e. The Morgan fingerprint density at radius 1 is 1.15 bits per heavy atom. The summed E-state index contributed by atoms with van der Waals surface area (Å²) >= 11 is 0. The Morgan fingerprint density at radius 3 is 2.44 bits per heavy atom. The van der Waals surface area contributed by atoms with Crippen molar-refractivity contribution in [3.8, 4) is 0 Å². The van der Waals surface area contributed by atoms with E-state index in [4.69, 9.17) is 9.47 Å². The van der Waals surface area contributed by atoms with Gasteiger partial charge < -0.3 is 14.8 Å². The molecule has 2 saturated heterocycles. The van der Waals surface area contributed by atoms with E-state index in [2.05, 4.69) is 5.32 Å². The summed E-state index contributed by atoms with van der Waals surface area (Å²) in [6.45, 7) is 8.37. The van der Waals surface area contributed by atoms with Crippen LogP contribution in [0.2, 0.25) is 0 Å². The van der Waals surface area contributed by atoms with Gasteiger partial charge in [-0.05, 0) is 46.1 Å². The summed E-state index contributed by atoms with van der Waals surface area (Å²) < 4.78 is 10.9. The van der Waals surface area contributed by atoms with Crippen LogP contribution in [-0.4, -0.2) is 47.3 Å². The highest BCUT2D eigenvalue weighted by atomic mass is 16.6. The number of carbonyl (C=O) groups is 2. The number of benzene rings is 1. The van der Waals surface area contributed by atoms with Crippen molar-refractivity contribution >= 4 is 12.1 Å². The first-order chi connectivity index (χ1) is 12.8. The number of rotatable bonds is 5. The molecule has 0 radical (unpaired) electrons. The average molecular weight is 374 g/mol. The zero-order valence-corrected chi connectivity index (χ0v) is 16.6. The second-order valence-electron chi connectivity index (χ2n) is 8.27. The number of amides is 1. The first kappa shape index (κ1) is 19.7. The molecule has 6 heteroatoms. The maximum absolute atomic E-state index is 12.8. The summed E-state index contributed by atoms with van der Waals surface area (Å²) in [5.74, 6) is -0.594. The Kier molecular flexibility index (Phi) is 5.75. The lowest BCUT2D eigenvalue weighted by atomic mass is 9.84. The van der Waals surface area contributed by atoms with Crippen LogP contribution in [0.4, 0.5) is 4.79 Å². The monoisotopic (exact) mass is 374 g/mol. The first-order valence-corrected chi connectivity index (χ1v) is 9.77. The van der Waals surface area contributed by atoms with Gasteiger partial charge in [0.2, 0.25) is 0 Å². The minimum Gasteiger partial charge on any atom is -0.466 e. The summed E-state index contributed by atoms with van der Waals surface area (Å²) in [5.41, 5.74) is 0.581. The lowest BCUT2D eigenvalue weighted by Gasteiger charge is -2.28. The third kappa shape index (κ3) is 4.26. The van der Waals surface area contributed by atoms with Crippen molar-refractivity contribution in [1.82, 2.24) is 10.2 Å². The molecular weight excluding hydrogens is 344 g/mol. The molecule has 2 aliphatic rings. The molecule has 2 fully saturated rings. The molecule has 1 N–H and O–H groups in total. The maximum atomic E-state index is 12.8. The van der Waals surface area contributed by atoms with Crippen molar-refractivity contribution in [2.24, 2.45) is 5.92 Å². The number of fused-ring (bicyclic) bond motifs is 2. The lowest BCUT2D eigenvalue weighted by molar-refractivity contribution is -0.149. The standard InChI is InChI=1S/C21H30N2O4/c1-5-26-19(24)17-15-11-12-16(23(15)20(25)27-21(2,3)4)18(17)22-13-14-9-7-6-8-10-14/h6-10,15-18,22H,5,11-13H2,1-4H3. The van der Waals surface area contributed by atoms with Crippen molar-refractivity contribution < 1.29 is 19.1 Å². The van der Waals surface area contributed by atoms with E-state index in [0.29, 0.717) is 13.2 Å². The molecule has 3 rings (SSSR count). The summed E-state index contributed by atoms with van der Waals surface area (Å²) in [7, 11) is 0. The molecule has 1 aromatic rings. The summed E-state index contributed by atoms with van der Waals surface area (Å²) in [4.78, 5) is 27.2. The van der Waals surface area contributed by atoms with Gasteiger partial charge >= 0.3 is 12.1 Å². The van der Waals surface area contributed by atoms with Crippen LogP contribution in [0.25, 0.3) is 0 Å². The lowest BCUT2D eigenvalue weighted by Crippen LogP contribution is -2.48. The van der Waals surface area contributed by atoms with E-state index in [9.17, 15) is 9.59 Å². The quantitative estimate of drug-likeness (QED) is 0.802. The zero-order valence-electron chi connectivity index (χ0n) is 16.6. The Balaban J connectivity index is 1.79. The number of esters is 1. The van der Waals surface area contributed by atoms with E-state index >= 15 is 0 Å². The molecule has 0 aliphatic carbocycles. The fraction of sp³-hybridized carbons (Fsp3) is 0.619. The van der Waals surface area contributed by atoms with Crippen LogP contribution >= 0.6 is 0 Å². The van der Waals surface area contributed by atoms with Gasteiger partial charge in [-0.1, -0.05) is 30.3 Å². The van der Waals surface area contributed by atoms with E-state index in [-0.39, 0.29) is 36.1 Å². The van der Waals surface area contributed by atoms with Crippen LogP contribution in [0.1, 0.15) is 46.1 Å². The second-order valence-corrected chi connectivity index (χ2v) is 8.27. The molecule has 1 amide bonds. The molecule has 1 aromatic carbocycles. The van der Waals surface area contributed by atoms with Crippen molar-refractivity contribution in [3.63, 3.8) is 0 Å². The fourth-order valence-electron chi connectivity index (χ4n) is 4.27. The molecule has 148 valence electrons. The Labute approximate surface area is 161 Å². The van der Waals surface area contributed by atoms with Gasteiger partial charge in [0, 0.05) is 12.6 Å². The van der Waals surface area contributed by atoms with Crippen molar-refractivity contribution in [1.29, 1.82) is 0 Å². The van der Waals surface area contributed by atoms with Crippen LogP contribution in [-0.2, 0) is 20.8 Å². The van der Waals surface area contributed by atoms with Gasteiger partial charge in [0.1, 0.15) is 5.60 Å². The highest BCUT2D eigenvalue weighted by Crippen LogP contribution is 2.43. The SMILES string of the molecule is CCOC(=O)C1C(NCc2ccccc2)C2CCC1N2C(=O)OC(C)(C)C. The molecule has 27 heavy (non-hydrogen) atoms. The van der Waals surface area contributed by atoms with Gasteiger partial charge in [0.05, 0.1) is 24.6 Å². The highest BCUT2D eigenvalue weighted by Gasteiger charge is 2.58. The third-order valence-corrected chi connectivity index (χ3v) is 5.24. The third-order valence-electron chi connectivity index (χ3n) is 5.24. The van der Waals surface area contributed by atoms with E-state index in [1.807, 2.05) is 58.0 Å². The second kappa shape index (κ2) is 7.89. The van der Waals surface area contributed by atoms with E-state index in [1.165, 1.54) is 0 Å². The van der Waals surface area contributed by atoms with Gasteiger partial charge in [-0.2, -0.15) is 0 Å². The normalized spacial score (nSPS) is 26.9. The number of nitrogens with zero attached hydrogens (tertiary/aromatic N) is 1. The molecule has 0 saturated carbocycles. The van der Waals surface area contributed by atoms with Gasteiger partial charge in [-0.25, -0.2) is 4.79 Å². The predicted molar refractivity (Wildman–Crippen MR) is 102 cm³/mol. The molecule has 0 aromatic heterocycles. The number of nitrogens with one attached hydrogen (secondary N) is 1. The topological polar surface area (TPSA) is 67.9 Å². The molecule has 2 bridgehead atoms. The Bertz CT molecular complexity index is 671. The fourth-order valence-corrected chi connectivity index (χ4v) is 4.27. The maximum Gasteiger partial charge on any atom is 0.410 e. The van der Waals surface area contributed by atoms with Gasteiger partial charge in [-0.3, -0.25) is 9.69 Å². The van der Waals surface area contributed by atoms with Crippen LogP contribution in [0.3, 0.4) is 0 Å². The zero-order chi connectivity index (χ0) is 19.6. The van der Waals surface area contributed by atoms with E-state index in [1.54, 1.807) is 4.90 Å². The van der Waals surface area contributed by atoms with Gasteiger partial charge in [0.25, 0.3) is 0 Å². The van der Waals surface area contributed by atoms with Crippen molar-refractivity contribution in [3.05, 3.63) is 35.9 Å². The molecule has 4 unspecified atom stereocenters. The minimum atomic E-state index is -0.564. The predicted octanol–water partition coefficient (Wildman–Crippen LogP) is 3.11. The number of hydrogen-bond donors (Lipinski definition) is 1. The molecule has 6 nitrogen and oxygen atoms in total. The average Bonchev–Trinajstić information content (AvgIpc) is 3.15. The Morgan fingerprint density at radius 2 is 1.81 bits per heavy atom. The molecule has 4 atom stereocenters. The Hall–Kier alpha value is -2.08. The highest BCUT2D eigenvalue weighted by molar-refractivity contribution is 5.79. The van der Waals surface area contributed by atoms with Crippen LogP contribution in [0, 0.1) is 5.92 Å². The summed E-state index contributed by atoms with van der Waals surface area (Å²) in [6.07, 6.45) is 1.33. The van der Waals surface area contributed by atoms with Crippen LogP contribution in [0.15, 0.2) is 30.3 Å². The number of carbonyl (C=O) groups excluding carboxylic acids is 2. The van der Waals surface area contributed by atoms with E-state index < -0.39 is 5.60 Å². The molecular formula is C21H30N2O4. The largest absolute Gasteiger partial charge is 0.466 e.